The first-order valence-electron chi connectivity index (χ1n) is 14.6. The smallest absolute Gasteiger partial charge is 0.390 e. The molecular weight excluding hydrogens is 616 g/mol. The van der Waals surface area contributed by atoms with E-state index in [2.05, 4.69) is 15.1 Å². The number of carbonyl (C=O) groups is 1. The van der Waals surface area contributed by atoms with Gasteiger partial charge in [-0.25, -0.2) is 12.8 Å². The molecule has 1 aromatic heterocycles. The average Bonchev–Trinajstić information content (AvgIpc) is 3.33. The first-order valence-corrected chi connectivity index (χ1v) is 16.4. The molecule has 3 heterocycles. The number of halogens is 4. The number of aliphatic hydroxyl groups excluding tert-OH is 1. The number of alkyl halides is 3. The third kappa shape index (κ3) is 7.90. The molecule has 2 aromatic carbocycles. The number of rotatable bonds is 9. The van der Waals surface area contributed by atoms with Crippen molar-refractivity contribution in [1.82, 2.24) is 29.2 Å². The fraction of sp³-hybridized carbons (Fsp3) is 0.467. The summed E-state index contributed by atoms with van der Waals surface area (Å²) in [7, 11) is -1.53. The van der Waals surface area contributed by atoms with Crippen molar-refractivity contribution in [2.45, 2.75) is 38.3 Å². The number of hydrogen-bond donors (Lipinski definition) is 2. The molecule has 3 aromatic rings. The van der Waals surface area contributed by atoms with E-state index in [0.29, 0.717) is 35.5 Å². The van der Waals surface area contributed by atoms with Crippen LogP contribution >= 0.6 is 0 Å². The zero-order chi connectivity index (χ0) is 32.5. The maximum Gasteiger partial charge on any atom is 0.416 e. The van der Waals surface area contributed by atoms with E-state index in [0.717, 1.165) is 50.6 Å². The van der Waals surface area contributed by atoms with E-state index in [9.17, 15) is 35.9 Å². The molecule has 5 rings (SSSR count). The van der Waals surface area contributed by atoms with E-state index in [1.165, 1.54) is 28.6 Å². The Kier molecular flexibility index (Phi) is 9.65. The van der Waals surface area contributed by atoms with Crippen LogP contribution in [-0.2, 0) is 42.3 Å². The molecular formula is C30H36F4N6O4S. The van der Waals surface area contributed by atoms with Crippen molar-refractivity contribution in [3.8, 4) is 11.3 Å². The number of nitrogens with one attached hydrogen (secondary N) is 1. The lowest BCUT2D eigenvalue weighted by Crippen LogP contribution is -2.47. The summed E-state index contributed by atoms with van der Waals surface area (Å²) in [6, 6.07) is 8.12. The average molecular weight is 653 g/mol. The molecule has 1 fully saturated rings. The third-order valence-electron chi connectivity index (χ3n) is 8.25. The van der Waals surface area contributed by atoms with E-state index in [1.54, 1.807) is 4.68 Å². The van der Waals surface area contributed by atoms with Gasteiger partial charge in [-0.15, -0.1) is 0 Å². The van der Waals surface area contributed by atoms with Crippen LogP contribution in [-0.4, -0.2) is 102 Å². The topological polar surface area (TPSA) is 111 Å². The molecule has 10 nitrogen and oxygen atoms in total. The van der Waals surface area contributed by atoms with Crippen LogP contribution in [0.1, 0.15) is 32.7 Å². The van der Waals surface area contributed by atoms with Crippen LogP contribution < -0.4 is 5.32 Å². The molecule has 0 aliphatic carbocycles. The molecule has 1 amide bonds. The predicted octanol–water partition coefficient (Wildman–Crippen LogP) is 2.56. The molecule has 2 aliphatic heterocycles. The van der Waals surface area contributed by atoms with Crippen molar-refractivity contribution in [3.05, 3.63) is 76.2 Å². The Labute approximate surface area is 259 Å². The second-order valence-electron chi connectivity index (χ2n) is 11.6. The summed E-state index contributed by atoms with van der Waals surface area (Å²) in [5.74, 6) is -1.23. The molecule has 45 heavy (non-hydrogen) atoms. The van der Waals surface area contributed by atoms with Crippen molar-refractivity contribution < 1.29 is 35.9 Å². The lowest BCUT2D eigenvalue weighted by atomic mass is 9.97. The number of piperazine rings is 1. The number of fused-ring (bicyclic) bond motifs is 1. The number of benzene rings is 2. The number of hydrogen-bond acceptors (Lipinski definition) is 7. The SMILES string of the molecule is CN1CCN(CC(O)Cn2nc(-c3ccc(C(F)(F)F)c(CNC(=O)c4ccc(F)cc4)c3)c3c2CCN(S(C)(=O)=O)C3)CC1. The van der Waals surface area contributed by atoms with Crippen LogP contribution in [0.4, 0.5) is 17.6 Å². The Balaban J connectivity index is 1.46. The Bertz CT molecular complexity index is 1640. The summed E-state index contributed by atoms with van der Waals surface area (Å²) in [5, 5.41) is 18.2. The van der Waals surface area contributed by atoms with Crippen LogP contribution in [0.25, 0.3) is 11.3 Å². The molecule has 1 saturated heterocycles. The summed E-state index contributed by atoms with van der Waals surface area (Å²) >= 11 is 0. The molecule has 0 bridgehead atoms. The van der Waals surface area contributed by atoms with Crippen LogP contribution in [0.15, 0.2) is 42.5 Å². The zero-order valence-corrected chi connectivity index (χ0v) is 25.8. The standard InChI is InChI=1S/C30H36F4N6O4S/c1-37-11-13-38(14-12-37)17-24(41)18-40-27-9-10-39(45(2,43)44)19-25(27)28(36-40)21-5-8-26(30(32,33)34)22(15-21)16-35-29(42)20-3-6-23(31)7-4-20/h3-8,15,24,41H,9-14,16-19H2,1-2H3,(H,35,42). The van der Waals surface area contributed by atoms with Gasteiger partial charge in [-0.05, 0) is 49.0 Å². The van der Waals surface area contributed by atoms with E-state index >= 15 is 0 Å². The maximum absolute atomic E-state index is 14.0. The zero-order valence-electron chi connectivity index (χ0n) is 25.0. The largest absolute Gasteiger partial charge is 0.416 e. The highest BCUT2D eigenvalue weighted by Gasteiger charge is 2.35. The molecule has 1 atom stereocenters. The minimum absolute atomic E-state index is 0.0181. The highest BCUT2D eigenvalue weighted by Crippen LogP contribution is 2.37. The van der Waals surface area contributed by atoms with Crippen molar-refractivity contribution in [1.29, 1.82) is 0 Å². The number of amides is 1. The molecule has 1 unspecified atom stereocenters. The summed E-state index contributed by atoms with van der Waals surface area (Å²) in [6.07, 6.45) is -4.07. The van der Waals surface area contributed by atoms with Gasteiger partial charge < -0.3 is 15.3 Å². The number of nitrogens with zero attached hydrogens (tertiary/aromatic N) is 5. The van der Waals surface area contributed by atoms with Crippen molar-refractivity contribution in [2.24, 2.45) is 0 Å². The first-order chi connectivity index (χ1) is 21.2. The van der Waals surface area contributed by atoms with E-state index in [-0.39, 0.29) is 30.8 Å². The van der Waals surface area contributed by atoms with Gasteiger partial charge >= 0.3 is 6.18 Å². The molecule has 15 heteroatoms. The summed E-state index contributed by atoms with van der Waals surface area (Å²) in [5.41, 5.74) is 0.819. The molecule has 0 saturated carbocycles. The van der Waals surface area contributed by atoms with Crippen LogP contribution in [0.3, 0.4) is 0 Å². The lowest BCUT2D eigenvalue weighted by Gasteiger charge is -2.33. The monoisotopic (exact) mass is 652 g/mol. The fourth-order valence-corrected chi connectivity index (χ4v) is 6.55. The molecule has 0 radical (unpaired) electrons. The number of aromatic nitrogens is 2. The van der Waals surface area contributed by atoms with Gasteiger partial charge in [0.1, 0.15) is 5.82 Å². The minimum Gasteiger partial charge on any atom is -0.390 e. The quantitative estimate of drug-likeness (QED) is 0.342. The van der Waals surface area contributed by atoms with Gasteiger partial charge in [-0.2, -0.15) is 22.6 Å². The normalized spacial score (nSPS) is 17.7. The van der Waals surface area contributed by atoms with Crippen LogP contribution in [0.5, 0.6) is 0 Å². The number of β-amino-alcohol motifs (C(OH)–C–C–N with tert-alkyl or cyclic N) is 1. The fourth-order valence-electron chi connectivity index (χ4n) is 5.76. The molecule has 244 valence electrons. The Morgan fingerprint density at radius 3 is 2.38 bits per heavy atom. The summed E-state index contributed by atoms with van der Waals surface area (Å²) < 4.78 is 83.1. The van der Waals surface area contributed by atoms with E-state index < -0.39 is 46.1 Å². The lowest BCUT2D eigenvalue weighted by molar-refractivity contribution is -0.138. The second kappa shape index (κ2) is 13.2. The highest BCUT2D eigenvalue weighted by molar-refractivity contribution is 7.88. The first kappa shape index (κ1) is 33.0. The minimum atomic E-state index is -4.71. The Morgan fingerprint density at radius 1 is 1.04 bits per heavy atom. The maximum atomic E-state index is 14.0. The number of aliphatic hydroxyl groups is 1. The number of sulfonamides is 1. The van der Waals surface area contributed by atoms with Gasteiger partial charge in [0, 0.05) is 81.2 Å². The van der Waals surface area contributed by atoms with E-state index in [1.807, 2.05) is 7.05 Å². The number of carbonyl (C=O) groups excluding carboxylic acids is 1. The van der Waals surface area contributed by atoms with Crippen LogP contribution in [0, 0.1) is 5.82 Å². The summed E-state index contributed by atoms with van der Waals surface area (Å²) in [4.78, 5) is 17.0. The molecule has 0 spiro atoms. The number of likely N-dealkylation sites (N-methyl/N-ethyl adjacent to an activating group) is 1. The second-order valence-corrected chi connectivity index (χ2v) is 13.6. The van der Waals surface area contributed by atoms with Gasteiger partial charge in [0.15, 0.2) is 0 Å². The van der Waals surface area contributed by atoms with Gasteiger partial charge in [0.25, 0.3) is 5.91 Å². The van der Waals surface area contributed by atoms with Gasteiger partial charge in [-0.1, -0.05) is 6.07 Å². The van der Waals surface area contributed by atoms with Gasteiger partial charge in [-0.3, -0.25) is 14.4 Å². The predicted molar refractivity (Wildman–Crippen MR) is 159 cm³/mol. The van der Waals surface area contributed by atoms with Gasteiger partial charge in [0.2, 0.25) is 10.0 Å². The summed E-state index contributed by atoms with van der Waals surface area (Å²) in [6.45, 7) is 3.67. The highest BCUT2D eigenvalue weighted by atomic mass is 32.2. The molecule has 2 N–H and O–H groups in total. The van der Waals surface area contributed by atoms with Crippen molar-refractivity contribution >= 4 is 15.9 Å². The van der Waals surface area contributed by atoms with Crippen molar-refractivity contribution in [3.63, 3.8) is 0 Å². The molecule has 2 aliphatic rings. The van der Waals surface area contributed by atoms with Gasteiger partial charge in [0.05, 0.1) is 30.2 Å². The van der Waals surface area contributed by atoms with Crippen LogP contribution in [0.2, 0.25) is 0 Å². The Hall–Kier alpha value is -3.37. The third-order valence-corrected chi connectivity index (χ3v) is 9.50. The van der Waals surface area contributed by atoms with E-state index in [4.69, 9.17) is 5.10 Å². The Morgan fingerprint density at radius 2 is 1.73 bits per heavy atom. The van der Waals surface area contributed by atoms with Crippen molar-refractivity contribution in [2.75, 3.05) is 52.6 Å².